The number of ether oxygens (including phenoxy) is 1. The van der Waals surface area contributed by atoms with Gasteiger partial charge in [-0.1, -0.05) is 41.0 Å². The van der Waals surface area contributed by atoms with E-state index in [1.807, 2.05) is 0 Å². The second-order valence-electron chi connectivity index (χ2n) is 5.31. The molecule has 0 unspecified atom stereocenters. The molecule has 0 aliphatic heterocycles. The Balaban J connectivity index is 1.66. The summed E-state index contributed by atoms with van der Waals surface area (Å²) in [5.74, 6) is 0.423. The van der Waals surface area contributed by atoms with Crippen molar-refractivity contribution >= 4 is 35.0 Å². The van der Waals surface area contributed by atoms with Gasteiger partial charge in [-0.15, -0.1) is 10.2 Å². The molecule has 136 valence electrons. The van der Waals surface area contributed by atoms with Crippen molar-refractivity contribution in [3.8, 4) is 5.75 Å². The number of aromatic nitrogens is 3. The van der Waals surface area contributed by atoms with Crippen molar-refractivity contribution in [2.45, 2.75) is 17.5 Å². The first kappa shape index (κ1) is 18.9. The van der Waals surface area contributed by atoms with E-state index < -0.39 is 5.82 Å². The Morgan fingerprint density at radius 1 is 1.12 bits per heavy atom. The Morgan fingerprint density at radius 3 is 2.65 bits per heavy atom. The van der Waals surface area contributed by atoms with Gasteiger partial charge in [0.2, 0.25) is 0 Å². The van der Waals surface area contributed by atoms with Crippen molar-refractivity contribution in [1.29, 1.82) is 0 Å². The third-order valence-corrected chi connectivity index (χ3v) is 5.28. The van der Waals surface area contributed by atoms with E-state index in [0.717, 1.165) is 0 Å². The van der Waals surface area contributed by atoms with Gasteiger partial charge in [0.05, 0.1) is 5.02 Å². The average molecular weight is 416 g/mol. The van der Waals surface area contributed by atoms with Gasteiger partial charge in [-0.3, -0.25) is 0 Å². The highest BCUT2D eigenvalue weighted by molar-refractivity contribution is 7.98. The van der Waals surface area contributed by atoms with Gasteiger partial charge < -0.3 is 9.30 Å². The van der Waals surface area contributed by atoms with Crippen molar-refractivity contribution in [1.82, 2.24) is 14.8 Å². The maximum Gasteiger partial charge on any atom is 0.191 e. The van der Waals surface area contributed by atoms with Gasteiger partial charge in [-0.2, -0.15) is 0 Å². The van der Waals surface area contributed by atoms with E-state index in [1.54, 1.807) is 23.7 Å². The van der Waals surface area contributed by atoms with Gasteiger partial charge in [0.1, 0.15) is 24.0 Å². The number of rotatable bonds is 6. The summed E-state index contributed by atoms with van der Waals surface area (Å²) >= 11 is 13.3. The first-order valence-electron chi connectivity index (χ1n) is 7.47. The van der Waals surface area contributed by atoms with Crippen LogP contribution in [0.15, 0.2) is 41.6 Å². The number of hydrogen-bond acceptors (Lipinski definition) is 4. The maximum absolute atomic E-state index is 13.8. The van der Waals surface area contributed by atoms with Crippen LogP contribution in [-0.4, -0.2) is 14.8 Å². The van der Waals surface area contributed by atoms with Crippen molar-refractivity contribution in [3.05, 3.63) is 69.5 Å². The van der Waals surface area contributed by atoms with E-state index in [2.05, 4.69) is 10.2 Å². The lowest BCUT2D eigenvalue weighted by molar-refractivity contribution is 0.290. The lowest BCUT2D eigenvalue weighted by atomic mass is 10.2. The number of hydrogen-bond donors (Lipinski definition) is 0. The fourth-order valence-corrected chi connectivity index (χ4v) is 3.63. The van der Waals surface area contributed by atoms with Gasteiger partial charge in [-0.25, -0.2) is 8.78 Å². The van der Waals surface area contributed by atoms with E-state index >= 15 is 0 Å². The zero-order chi connectivity index (χ0) is 18.7. The highest BCUT2D eigenvalue weighted by Gasteiger charge is 2.14. The second kappa shape index (κ2) is 8.24. The molecule has 1 heterocycles. The largest absolute Gasteiger partial charge is 0.484 e. The van der Waals surface area contributed by atoms with Crippen LogP contribution >= 0.6 is 35.0 Å². The molecule has 0 fully saturated rings. The third-order valence-electron chi connectivity index (χ3n) is 3.58. The summed E-state index contributed by atoms with van der Waals surface area (Å²) in [7, 11) is 1.77. The maximum atomic E-state index is 13.8. The molecule has 3 rings (SSSR count). The van der Waals surface area contributed by atoms with E-state index in [0.29, 0.717) is 33.1 Å². The van der Waals surface area contributed by atoms with Crippen molar-refractivity contribution in [3.63, 3.8) is 0 Å². The minimum Gasteiger partial charge on any atom is -0.484 e. The predicted molar refractivity (Wildman–Crippen MR) is 97.7 cm³/mol. The fourth-order valence-electron chi connectivity index (χ4n) is 2.14. The Kier molecular flexibility index (Phi) is 6.01. The molecule has 2 aromatic carbocycles. The zero-order valence-corrected chi connectivity index (χ0v) is 15.9. The summed E-state index contributed by atoms with van der Waals surface area (Å²) < 4.78 is 34.2. The van der Waals surface area contributed by atoms with Crippen LogP contribution < -0.4 is 4.74 Å². The van der Waals surface area contributed by atoms with E-state index in [-0.39, 0.29) is 17.4 Å². The number of nitrogens with zero attached hydrogens (tertiary/aromatic N) is 3. The van der Waals surface area contributed by atoms with Crippen LogP contribution in [-0.2, 0) is 19.4 Å². The van der Waals surface area contributed by atoms with Crippen LogP contribution in [0.4, 0.5) is 8.78 Å². The molecule has 0 aliphatic carbocycles. The molecule has 0 saturated heterocycles. The quantitative estimate of drug-likeness (QED) is 0.514. The Morgan fingerprint density at radius 2 is 1.92 bits per heavy atom. The molecule has 0 spiro atoms. The molecule has 0 amide bonds. The number of benzene rings is 2. The van der Waals surface area contributed by atoms with Gasteiger partial charge in [0, 0.05) is 23.4 Å². The molecule has 9 heteroatoms. The molecular formula is C17H13Cl2F2N3OS. The third kappa shape index (κ3) is 4.28. The molecule has 26 heavy (non-hydrogen) atoms. The molecule has 1 aromatic heterocycles. The minimum absolute atomic E-state index is 0.107. The van der Waals surface area contributed by atoms with E-state index in [4.69, 9.17) is 27.9 Å². The zero-order valence-electron chi connectivity index (χ0n) is 13.5. The van der Waals surface area contributed by atoms with Gasteiger partial charge in [0.25, 0.3) is 0 Å². The highest BCUT2D eigenvalue weighted by atomic mass is 35.5. The number of thioether (sulfide) groups is 1. The Hall–Kier alpha value is -1.83. The summed E-state index contributed by atoms with van der Waals surface area (Å²) in [5.41, 5.74) is 0.415. The van der Waals surface area contributed by atoms with Crippen LogP contribution in [0.2, 0.25) is 10.0 Å². The minimum atomic E-state index is -0.438. The summed E-state index contributed by atoms with van der Waals surface area (Å²) in [6.45, 7) is 0.107. The summed E-state index contributed by atoms with van der Waals surface area (Å²) in [5, 5.41) is 9.27. The monoisotopic (exact) mass is 415 g/mol. The first-order chi connectivity index (χ1) is 12.5. The topological polar surface area (TPSA) is 39.9 Å². The van der Waals surface area contributed by atoms with Crippen LogP contribution in [0.3, 0.4) is 0 Å². The molecule has 3 aromatic rings. The standard InChI is InChI=1S/C17H13Cl2F2N3OS/c1-24-16(8-25-15-6-5-10(20)7-13(15)19)22-23-17(24)26-9-11-12(18)3-2-4-14(11)21/h2-7H,8-9H2,1H3. The summed E-state index contributed by atoms with van der Waals surface area (Å²) in [6.07, 6.45) is 0. The summed E-state index contributed by atoms with van der Waals surface area (Å²) in [6, 6.07) is 8.45. The predicted octanol–water partition coefficient (Wildman–Crippen LogP) is 5.27. The molecule has 4 nitrogen and oxygen atoms in total. The fraction of sp³-hybridized carbons (Fsp3) is 0.176. The first-order valence-corrected chi connectivity index (χ1v) is 9.21. The molecular weight excluding hydrogens is 403 g/mol. The van der Waals surface area contributed by atoms with Crippen molar-refractivity contribution in [2.75, 3.05) is 0 Å². The van der Waals surface area contributed by atoms with E-state index in [1.165, 1.54) is 36.0 Å². The van der Waals surface area contributed by atoms with Crippen LogP contribution in [0.5, 0.6) is 5.75 Å². The van der Waals surface area contributed by atoms with Crippen LogP contribution in [0.1, 0.15) is 11.4 Å². The lowest BCUT2D eigenvalue weighted by Gasteiger charge is -2.08. The van der Waals surface area contributed by atoms with Gasteiger partial charge in [-0.05, 0) is 30.3 Å². The van der Waals surface area contributed by atoms with Crippen molar-refractivity contribution < 1.29 is 13.5 Å². The highest BCUT2D eigenvalue weighted by Crippen LogP contribution is 2.28. The molecule has 0 atom stereocenters. The van der Waals surface area contributed by atoms with Crippen LogP contribution in [0.25, 0.3) is 0 Å². The number of halogens is 4. The van der Waals surface area contributed by atoms with E-state index in [9.17, 15) is 8.78 Å². The molecule has 0 bridgehead atoms. The summed E-state index contributed by atoms with van der Waals surface area (Å²) in [4.78, 5) is 0. The molecule has 0 N–H and O–H groups in total. The average Bonchev–Trinajstić information content (AvgIpc) is 2.94. The Labute approximate surface area is 163 Å². The second-order valence-corrected chi connectivity index (χ2v) is 7.07. The molecule has 0 saturated carbocycles. The normalized spacial score (nSPS) is 11.0. The molecule has 0 aliphatic rings. The van der Waals surface area contributed by atoms with Crippen LogP contribution in [0, 0.1) is 11.6 Å². The van der Waals surface area contributed by atoms with Gasteiger partial charge in [0.15, 0.2) is 11.0 Å². The lowest BCUT2D eigenvalue weighted by Crippen LogP contribution is -2.04. The Bertz CT molecular complexity index is 916. The SMILES string of the molecule is Cn1c(COc2ccc(F)cc2Cl)nnc1SCc1c(F)cccc1Cl. The van der Waals surface area contributed by atoms with Gasteiger partial charge >= 0.3 is 0 Å². The smallest absolute Gasteiger partial charge is 0.191 e. The molecule has 0 radical (unpaired) electrons. The van der Waals surface area contributed by atoms with Crippen molar-refractivity contribution in [2.24, 2.45) is 7.05 Å².